The number of benzene rings is 2. The number of aromatic amines is 1. The molecule has 1 amide bonds. The second-order valence-electron chi connectivity index (χ2n) is 5.98. The predicted octanol–water partition coefficient (Wildman–Crippen LogP) is 2.76. The fourth-order valence-corrected chi connectivity index (χ4v) is 3.09. The highest BCUT2D eigenvalue weighted by Crippen LogP contribution is 2.21. The van der Waals surface area contributed by atoms with Gasteiger partial charge in [-0.1, -0.05) is 42.1 Å². The summed E-state index contributed by atoms with van der Waals surface area (Å²) >= 11 is 1.11. The number of anilines is 2. The molecule has 27 heavy (non-hydrogen) atoms. The third-order valence-electron chi connectivity index (χ3n) is 4.11. The van der Waals surface area contributed by atoms with Gasteiger partial charge in [-0.2, -0.15) is 0 Å². The van der Waals surface area contributed by atoms with Gasteiger partial charge in [0.2, 0.25) is 5.91 Å². The molecule has 2 aromatic carbocycles. The van der Waals surface area contributed by atoms with Crippen LogP contribution in [-0.4, -0.2) is 26.8 Å². The summed E-state index contributed by atoms with van der Waals surface area (Å²) in [4.78, 5) is 27.1. The molecule has 0 bridgehead atoms. The summed E-state index contributed by atoms with van der Waals surface area (Å²) in [6.07, 6.45) is 0. The number of nitrogens with one attached hydrogen (secondary N) is 2. The van der Waals surface area contributed by atoms with E-state index in [9.17, 15) is 9.59 Å². The zero-order chi connectivity index (χ0) is 19.4. The number of hydrogen-bond acceptors (Lipinski definition) is 6. The van der Waals surface area contributed by atoms with E-state index in [1.165, 1.54) is 0 Å². The molecule has 8 heteroatoms. The predicted molar refractivity (Wildman–Crippen MR) is 108 cm³/mol. The van der Waals surface area contributed by atoms with E-state index >= 15 is 0 Å². The quantitative estimate of drug-likeness (QED) is 0.462. The Hall–Kier alpha value is -3.13. The number of nitrogens with two attached hydrogens (primary N) is 1. The van der Waals surface area contributed by atoms with Crippen LogP contribution in [-0.2, 0) is 4.79 Å². The Morgan fingerprint density at radius 1 is 1.15 bits per heavy atom. The fraction of sp³-hybridized carbons (Fsp3) is 0.158. The van der Waals surface area contributed by atoms with E-state index in [-0.39, 0.29) is 22.5 Å². The van der Waals surface area contributed by atoms with E-state index < -0.39 is 5.56 Å². The van der Waals surface area contributed by atoms with Gasteiger partial charge in [0.05, 0.1) is 5.75 Å². The molecule has 7 nitrogen and oxygen atoms in total. The number of carbonyl (C=O) groups excluding carboxylic acids is 1. The van der Waals surface area contributed by atoms with Crippen molar-refractivity contribution >= 4 is 29.0 Å². The summed E-state index contributed by atoms with van der Waals surface area (Å²) in [5.41, 5.74) is 9.49. The van der Waals surface area contributed by atoms with Gasteiger partial charge in [-0.3, -0.25) is 14.6 Å². The second-order valence-corrected chi connectivity index (χ2v) is 6.94. The minimum absolute atomic E-state index is 0.102. The number of H-pyrrole nitrogens is 1. The SMILES string of the molecule is Cc1cccc(NC(=O)CSc2nnc(-c3ccccc3N)c(=O)[nH]2)c1C. The van der Waals surface area contributed by atoms with Gasteiger partial charge in [0.25, 0.3) is 5.56 Å². The molecular formula is C19H19N5O2S. The van der Waals surface area contributed by atoms with E-state index in [0.717, 1.165) is 28.6 Å². The maximum absolute atomic E-state index is 12.3. The largest absolute Gasteiger partial charge is 0.398 e. The molecular weight excluding hydrogens is 362 g/mol. The zero-order valence-corrected chi connectivity index (χ0v) is 15.8. The van der Waals surface area contributed by atoms with Crippen LogP contribution >= 0.6 is 11.8 Å². The molecule has 1 aromatic heterocycles. The van der Waals surface area contributed by atoms with Crippen LogP contribution in [0.3, 0.4) is 0 Å². The molecule has 0 saturated carbocycles. The van der Waals surface area contributed by atoms with Crippen molar-refractivity contribution in [2.24, 2.45) is 0 Å². The first kappa shape index (κ1) is 18.7. The van der Waals surface area contributed by atoms with Crippen LogP contribution in [0.4, 0.5) is 11.4 Å². The lowest BCUT2D eigenvalue weighted by molar-refractivity contribution is -0.113. The highest BCUT2D eigenvalue weighted by atomic mass is 32.2. The Morgan fingerprint density at radius 2 is 1.93 bits per heavy atom. The minimum Gasteiger partial charge on any atom is -0.398 e. The van der Waals surface area contributed by atoms with E-state index in [2.05, 4.69) is 20.5 Å². The number of amides is 1. The number of nitrogen functional groups attached to an aromatic ring is 1. The van der Waals surface area contributed by atoms with E-state index in [4.69, 9.17) is 5.73 Å². The number of rotatable bonds is 5. The average molecular weight is 381 g/mol. The Balaban J connectivity index is 1.67. The number of carbonyl (C=O) groups is 1. The van der Waals surface area contributed by atoms with Crippen LogP contribution in [0.2, 0.25) is 0 Å². The summed E-state index contributed by atoms with van der Waals surface area (Å²) in [5, 5.41) is 11.1. The first-order chi connectivity index (χ1) is 13.0. The number of thioether (sulfide) groups is 1. The van der Waals surface area contributed by atoms with Gasteiger partial charge in [-0.15, -0.1) is 10.2 Å². The van der Waals surface area contributed by atoms with Crippen molar-refractivity contribution in [1.82, 2.24) is 15.2 Å². The first-order valence-corrected chi connectivity index (χ1v) is 9.25. The van der Waals surface area contributed by atoms with Crippen LogP contribution in [0.25, 0.3) is 11.3 Å². The molecule has 0 saturated heterocycles. The van der Waals surface area contributed by atoms with Crippen LogP contribution in [0.15, 0.2) is 52.4 Å². The summed E-state index contributed by atoms with van der Waals surface area (Å²) in [6, 6.07) is 12.7. The van der Waals surface area contributed by atoms with Gasteiger partial charge in [-0.25, -0.2) is 0 Å². The molecule has 4 N–H and O–H groups in total. The standard InChI is InChI=1S/C19H19N5O2S/c1-11-6-5-9-15(12(11)2)21-16(25)10-27-19-22-18(26)17(23-24-19)13-7-3-4-8-14(13)20/h3-9H,10,20H2,1-2H3,(H,21,25)(H,22,24,26). The van der Waals surface area contributed by atoms with Gasteiger partial charge in [0.1, 0.15) is 0 Å². The Labute approximate surface area is 160 Å². The van der Waals surface area contributed by atoms with Crippen molar-refractivity contribution in [3.05, 3.63) is 63.9 Å². The number of nitrogens with zero attached hydrogens (tertiary/aromatic N) is 2. The molecule has 3 rings (SSSR count). The second kappa shape index (κ2) is 8.05. The number of aromatic nitrogens is 3. The third-order valence-corrected chi connectivity index (χ3v) is 4.97. The summed E-state index contributed by atoms with van der Waals surface area (Å²) in [5.74, 6) is -0.0853. The summed E-state index contributed by atoms with van der Waals surface area (Å²) in [6.45, 7) is 3.94. The smallest absolute Gasteiger partial charge is 0.278 e. The van der Waals surface area contributed by atoms with Crippen molar-refractivity contribution in [3.8, 4) is 11.3 Å². The van der Waals surface area contributed by atoms with Crippen molar-refractivity contribution < 1.29 is 4.79 Å². The number of para-hydroxylation sites is 1. The lowest BCUT2D eigenvalue weighted by Crippen LogP contribution is -2.18. The van der Waals surface area contributed by atoms with Crippen LogP contribution in [0.5, 0.6) is 0 Å². The Kier molecular flexibility index (Phi) is 5.56. The monoisotopic (exact) mass is 381 g/mol. The molecule has 0 aliphatic rings. The maximum Gasteiger partial charge on any atom is 0.278 e. The summed E-state index contributed by atoms with van der Waals surface area (Å²) < 4.78 is 0. The van der Waals surface area contributed by atoms with Gasteiger partial charge >= 0.3 is 0 Å². The van der Waals surface area contributed by atoms with Crippen LogP contribution in [0, 0.1) is 13.8 Å². The normalized spacial score (nSPS) is 10.6. The van der Waals surface area contributed by atoms with Crippen molar-refractivity contribution in [2.75, 3.05) is 16.8 Å². The third kappa shape index (κ3) is 4.35. The highest BCUT2D eigenvalue weighted by molar-refractivity contribution is 7.99. The Bertz CT molecular complexity index is 1050. The lowest BCUT2D eigenvalue weighted by atomic mass is 10.1. The van der Waals surface area contributed by atoms with Gasteiger partial charge in [-0.05, 0) is 37.1 Å². The first-order valence-electron chi connectivity index (χ1n) is 8.26. The number of hydrogen-bond donors (Lipinski definition) is 3. The molecule has 0 fully saturated rings. The molecule has 0 radical (unpaired) electrons. The molecule has 1 heterocycles. The fourth-order valence-electron chi connectivity index (χ4n) is 2.48. The maximum atomic E-state index is 12.3. The molecule has 0 unspecified atom stereocenters. The summed E-state index contributed by atoms with van der Waals surface area (Å²) in [7, 11) is 0. The molecule has 0 spiro atoms. The van der Waals surface area contributed by atoms with Crippen molar-refractivity contribution in [1.29, 1.82) is 0 Å². The molecule has 138 valence electrons. The molecule has 0 aliphatic carbocycles. The van der Waals surface area contributed by atoms with E-state index in [1.54, 1.807) is 24.3 Å². The van der Waals surface area contributed by atoms with Gasteiger partial charge in [0.15, 0.2) is 10.9 Å². The van der Waals surface area contributed by atoms with E-state index in [0.29, 0.717) is 11.3 Å². The van der Waals surface area contributed by atoms with Gasteiger partial charge in [0, 0.05) is 16.9 Å². The zero-order valence-electron chi connectivity index (χ0n) is 14.9. The average Bonchev–Trinajstić information content (AvgIpc) is 2.65. The minimum atomic E-state index is -0.402. The van der Waals surface area contributed by atoms with Crippen LogP contribution < -0.4 is 16.6 Å². The Morgan fingerprint density at radius 3 is 2.67 bits per heavy atom. The van der Waals surface area contributed by atoms with Crippen molar-refractivity contribution in [3.63, 3.8) is 0 Å². The van der Waals surface area contributed by atoms with Gasteiger partial charge < -0.3 is 11.1 Å². The van der Waals surface area contributed by atoms with E-state index in [1.807, 2.05) is 32.0 Å². The van der Waals surface area contributed by atoms with Crippen molar-refractivity contribution in [2.45, 2.75) is 19.0 Å². The molecule has 0 aliphatic heterocycles. The highest BCUT2D eigenvalue weighted by Gasteiger charge is 2.12. The lowest BCUT2D eigenvalue weighted by Gasteiger charge is -2.10. The molecule has 0 atom stereocenters. The van der Waals surface area contributed by atoms with Crippen LogP contribution in [0.1, 0.15) is 11.1 Å². The topological polar surface area (TPSA) is 114 Å². The molecule has 3 aromatic rings. The number of aryl methyl sites for hydroxylation is 1.